The molecule has 0 saturated carbocycles. The maximum absolute atomic E-state index is 5.44. The Bertz CT molecular complexity index is 567. The lowest BCUT2D eigenvalue weighted by Crippen LogP contribution is -2.11. The van der Waals surface area contributed by atoms with E-state index < -0.39 is 0 Å². The van der Waals surface area contributed by atoms with Gasteiger partial charge in [0.25, 0.3) is 0 Å². The van der Waals surface area contributed by atoms with E-state index in [1.165, 1.54) is 5.56 Å². The number of nitrogens with zero attached hydrogens (tertiary/aromatic N) is 1. The van der Waals surface area contributed by atoms with Gasteiger partial charge in [0.05, 0.1) is 12.8 Å². The Morgan fingerprint density at radius 2 is 1.95 bits per heavy atom. The molecule has 0 aliphatic rings. The van der Waals surface area contributed by atoms with Gasteiger partial charge in [-0.3, -0.25) is 5.10 Å². The van der Waals surface area contributed by atoms with Crippen LogP contribution in [0, 0.1) is 0 Å². The fourth-order valence-corrected chi connectivity index (χ4v) is 1.97. The van der Waals surface area contributed by atoms with Crippen molar-refractivity contribution in [2.24, 2.45) is 0 Å². The Morgan fingerprint density at radius 3 is 2.47 bits per heavy atom. The van der Waals surface area contributed by atoms with Crippen molar-refractivity contribution in [3.8, 4) is 17.0 Å². The first kappa shape index (κ1) is 13.5. The lowest BCUT2D eigenvalue weighted by atomic mass is 9.85. The molecule has 2 rings (SSSR count). The number of aromatic nitrogens is 2. The van der Waals surface area contributed by atoms with E-state index in [0.717, 1.165) is 22.8 Å². The van der Waals surface area contributed by atoms with Crippen LogP contribution >= 0.6 is 0 Å². The first-order valence-corrected chi connectivity index (χ1v) is 6.37. The molecule has 0 atom stereocenters. The highest BCUT2D eigenvalue weighted by atomic mass is 16.5. The van der Waals surface area contributed by atoms with Gasteiger partial charge in [-0.05, 0) is 23.1 Å². The smallest absolute Gasteiger partial charge is 0.148 e. The zero-order valence-corrected chi connectivity index (χ0v) is 12.2. The predicted molar refractivity (Wildman–Crippen MR) is 78.8 cm³/mol. The van der Waals surface area contributed by atoms with E-state index in [-0.39, 0.29) is 5.41 Å². The molecular formula is C15H21N3O. The van der Waals surface area contributed by atoms with Crippen LogP contribution in [-0.2, 0) is 5.41 Å². The molecule has 0 fully saturated rings. The molecule has 102 valence electrons. The van der Waals surface area contributed by atoms with E-state index in [2.05, 4.69) is 48.4 Å². The normalized spacial score (nSPS) is 11.4. The number of methoxy groups -OCH3 is 1. The number of aromatic amines is 1. The van der Waals surface area contributed by atoms with E-state index in [1.54, 1.807) is 7.11 Å². The van der Waals surface area contributed by atoms with Crippen molar-refractivity contribution in [1.82, 2.24) is 10.2 Å². The number of nitrogens with one attached hydrogen (secondary N) is 2. The highest BCUT2D eigenvalue weighted by molar-refractivity contribution is 5.70. The molecule has 2 N–H and O–H groups in total. The molecule has 0 amide bonds. The molecule has 0 bridgehead atoms. The van der Waals surface area contributed by atoms with Crippen LogP contribution in [0.4, 0.5) is 5.82 Å². The molecule has 0 aliphatic carbocycles. The third-order valence-electron chi connectivity index (χ3n) is 3.19. The second-order valence-electron chi connectivity index (χ2n) is 5.58. The van der Waals surface area contributed by atoms with Crippen LogP contribution in [-0.4, -0.2) is 24.4 Å². The maximum Gasteiger partial charge on any atom is 0.148 e. The van der Waals surface area contributed by atoms with E-state index in [9.17, 15) is 0 Å². The summed E-state index contributed by atoms with van der Waals surface area (Å²) < 4.78 is 5.44. The van der Waals surface area contributed by atoms with Crippen molar-refractivity contribution in [3.63, 3.8) is 0 Å². The molecule has 0 radical (unpaired) electrons. The zero-order valence-electron chi connectivity index (χ0n) is 12.2. The molecule has 19 heavy (non-hydrogen) atoms. The summed E-state index contributed by atoms with van der Waals surface area (Å²) in [5.74, 6) is 1.66. The fourth-order valence-electron chi connectivity index (χ4n) is 1.97. The Kier molecular flexibility index (Phi) is 3.51. The summed E-state index contributed by atoms with van der Waals surface area (Å²) in [4.78, 5) is 0. The highest BCUT2D eigenvalue weighted by Crippen LogP contribution is 2.34. The third kappa shape index (κ3) is 2.72. The predicted octanol–water partition coefficient (Wildman–Crippen LogP) is 3.42. The summed E-state index contributed by atoms with van der Waals surface area (Å²) in [5.41, 5.74) is 3.35. The van der Waals surface area contributed by atoms with E-state index in [0.29, 0.717) is 0 Å². The third-order valence-corrected chi connectivity index (χ3v) is 3.19. The van der Waals surface area contributed by atoms with Gasteiger partial charge in [0.2, 0.25) is 0 Å². The molecule has 1 aromatic carbocycles. The fraction of sp³-hybridized carbons (Fsp3) is 0.400. The molecule has 0 aliphatic heterocycles. The minimum Gasteiger partial charge on any atom is -0.496 e. The van der Waals surface area contributed by atoms with Gasteiger partial charge >= 0.3 is 0 Å². The van der Waals surface area contributed by atoms with Crippen molar-refractivity contribution in [3.05, 3.63) is 29.8 Å². The van der Waals surface area contributed by atoms with Gasteiger partial charge in [-0.2, -0.15) is 5.10 Å². The molecule has 2 aromatic rings. The van der Waals surface area contributed by atoms with Crippen molar-refractivity contribution in [1.29, 1.82) is 0 Å². The molecule has 4 nitrogen and oxygen atoms in total. The Hall–Kier alpha value is -1.97. The number of H-pyrrole nitrogens is 1. The Labute approximate surface area is 114 Å². The first-order valence-electron chi connectivity index (χ1n) is 6.37. The van der Waals surface area contributed by atoms with Crippen LogP contribution in [0.1, 0.15) is 26.3 Å². The average molecular weight is 259 g/mol. The van der Waals surface area contributed by atoms with Gasteiger partial charge in [0.1, 0.15) is 11.6 Å². The van der Waals surface area contributed by atoms with Crippen LogP contribution in [0.5, 0.6) is 5.75 Å². The van der Waals surface area contributed by atoms with Gasteiger partial charge in [0, 0.05) is 18.7 Å². The van der Waals surface area contributed by atoms with Gasteiger partial charge in [-0.15, -0.1) is 0 Å². The largest absolute Gasteiger partial charge is 0.496 e. The molecule has 0 spiro atoms. The minimum absolute atomic E-state index is 0.104. The summed E-state index contributed by atoms with van der Waals surface area (Å²) in [7, 11) is 3.54. The zero-order chi connectivity index (χ0) is 14.0. The van der Waals surface area contributed by atoms with Crippen LogP contribution in [0.3, 0.4) is 0 Å². The molecule has 1 heterocycles. The van der Waals surface area contributed by atoms with Crippen LogP contribution in [0.2, 0.25) is 0 Å². The van der Waals surface area contributed by atoms with E-state index >= 15 is 0 Å². The number of ether oxygens (including phenoxy) is 1. The quantitative estimate of drug-likeness (QED) is 0.888. The number of benzene rings is 1. The maximum atomic E-state index is 5.44. The van der Waals surface area contributed by atoms with Crippen molar-refractivity contribution >= 4 is 5.82 Å². The van der Waals surface area contributed by atoms with Crippen LogP contribution < -0.4 is 10.1 Å². The van der Waals surface area contributed by atoms with Gasteiger partial charge < -0.3 is 10.1 Å². The second-order valence-corrected chi connectivity index (χ2v) is 5.58. The summed E-state index contributed by atoms with van der Waals surface area (Å²) in [5, 5.41) is 10.2. The van der Waals surface area contributed by atoms with Crippen LogP contribution in [0.25, 0.3) is 11.3 Å². The number of hydrogen-bond acceptors (Lipinski definition) is 3. The number of anilines is 1. The van der Waals surface area contributed by atoms with Crippen molar-refractivity contribution in [2.45, 2.75) is 26.2 Å². The average Bonchev–Trinajstić information content (AvgIpc) is 2.85. The van der Waals surface area contributed by atoms with Gasteiger partial charge in [-0.25, -0.2) is 0 Å². The minimum atomic E-state index is 0.104. The lowest BCUT2D eigenvalue weighted by Gasteiger charge is -2.20. The summed E-state index contributed by atoms with van der Waals surface area (Å²) in [6.45, 7) is 6.60. The topological polar surface area (TPSA) is 49.9 Å². The lowest BCUT2D eigenvalue weighted by molar-refractivity contribution is 0.415. The Morgan fingerprint density at radius 1 is 1.21 bits per heavy atom. The first-order chi connectivity index (χ1) is 8.95. The summed E-state index contributed by atoms with van der Waals surface area (Å²) >= 11 is 0. The highest BCUT2D eigenvalue weighted by Gasteiger charge is 2.17. The summed E-state index contributed by atoms with van der Waals surface area (Å²) in [6, 6.07) is 8.25. The molecular weight excluding hydrogens is 238 g/mol. The monoisotopic (exact) mass is 259 g/mol. The van der Waals surface area contributed by atoms with E-state index in [4.69, 9.17) is 4.74 Å². The second kappa shape index (κ2) is 4.96. The van der Waals surface area contributed by atoms with Crippen LogP contribution in [0.15, 0.2) is 24.3 Å². The standard InChI is InChI=1S/C15H21N3O/c1-15(2,3)10-6-7-13(19-5)11(8-10)12-9-14(16-4)18-17-12/h6-9H,1-5H3,(H2,16,17,18). The summed E-state index contributed by atoms with van der Waals surface area (Å²) in [6.07, 6.45) is 0. The van der Waals surface area contributed by atoms with Gasteiger partial charge in [0.15, 0.2) is 0 Å². The van der Waals surface area contributed by atoms with Gasteiger partial charge in [-0.1, -0.05) is 26.8 Å². The molecule has 1 aromatic heterocycles. The molecule has 0 unspecified atom stereocenters. The van der Waals surface area contributed by atoms with Crippen molar-refractivity contribution < 1.29 is 4.74 Å². The SMILES string of the molecule is CNc1cc(-c2cc(C(C)(C)C)ccc2OC)[nH]n1. The van der Waals surface area contributed by atoms with Crippen molar-refractivity contribution in [2.75, 3.05) is 19.5 Å². The molecule has 0 saturated heterocycles. The Balaban J connectivity index is 2.53. The number of rotatable bonds is 3. The molecule has 4 heteroatoms. The van der Waals surface area contributed by atoms with E-state index in [1.807, 2.05) is 19.2 Å². The number of hydrogen-bond donors (Lipinski definition) is 2.